The maximum absolute atomic E-state index is 12.6. The first-order chi connectivity index (χ1) is 14.5. The van der Waals surface area contributed by atoms with Gasteiger partial charge in [0.05, 0.1) is 20.4 Å². The van der Waals surface area contributed by atoms with Gasteiger partial charge in [0.25, 0.3) is 0 Å². The van der Waals surface area contributed by atoms with Gasteiger partial charge in [0.1, 0.15) is 12.3 Å². The summed E-state index contributed by atoms with van der Waals surface area (Å²) < 4.78 is 12.0. The molecule has 1 aromatic heterocycles. The van der Waals surface area contributed by atoms with E-state index in [0.717, 1.165) is 10.6 Å². The first-order valence-electron chi connectivity index (χ1n) is 9.39. The summed E-state index contributed by atoms with van der Waals surface area (Å²) in [6.07, 6.45) is 1.58. The Kier molecular flexibility index (Phi) is 7.19. The van der Waals surface area contributed by atoms with E-state index in [-0.39, 0.29) is 23.6 Å². The van der Waals surface area contributed by atoms with E-state index < -0.39 is 0 Å². The number of nitrogens with zero attached hydrogens (tertiary/aromatic N) is 1. The predicted octanol–water partition coefficient (Wildman–Crippen LogP) is 4.10. The molecule has 1 heterocycles. The molecule has 6 nitrogen and oxygen atoms in total. The molecule has 0 radical (unpaired) electrons. The number of rotatable bonds is 8. The first-order valence-corrected chi connectivity index (χ1v) is 10.4. The molecule has 0 aliphatic rings. The molecular weight excluding hydrogens is 400 g/mol. The minimum atomic E-state index is -0.205. The van der Waals surface area contributed by atoms with Crippen molar-refractivity contribution in [2.24, 2.45) is 0 Å². The van der Waals surface area contributed by atoms with Crippen molar-refractivity contribution in [3.63, 3.8) is 0 Å². The van der Waals surface area contributed by atoms with Gasteiger partial charge >= 0.3 is 0 Å². The number of nitrogens with one attached hydrogen (secondary N) is 1. The SMILES string of the molecule is COc1ccc(NC(=O)Cn2cc(OC)c(=O)cc2CSc2ccc(C)cc2)cc1. The lowest BCUT2D eigenvalue weighted by atomic mass is 10.2. The molecule has 30 heavy (non-hydrogen) atoms. The maximum Gasteiger partial charge on any atom is 0.244 e. The average molecular weight is 425 g/mol. The van der Waals surface area contributed by atoms with Crippen molar-refractivity contribution in [1.29, 1.82) is 0 Å². The third-order valence-electron chi connectivity index (χ3n) is 4.50. The Labute approximate surface area is 179 Å². The largest absolute Gasteiger partial charge is 0.497 e. The molecule has 0 fully saturated rings. The van der Waals surface area contributed by atoms with Gasteiger partial charge in [-0.2, -0.15) is 0 Å². The molecule has 1 amide bonds. The van der Waals surface area contributed by atoms with E-state index in [1.807, 2.05) is 31.2 Å². The second-order valence-corrected chi connectivity index (χ2v) is 7.75. The number of aromatic nitrogens is 1. The molecule has 0 atom stereocenters. The van der Waals surface area contributed by atoms with Crippen molar-refractivity contribution in [3.8, 4) is 11.5 Å². The van der Waals surface area contributed by atoms with Gasteiger partial charge in [-0.05, 0) is 43.3 Å². The van der Waals surface area contributed by atoms with Crippen molar-refractivity contribution >= 4 is 23.4 Å². The fourth-order valence-electron chi connectivity index (χ4n) is 2.84. The number of benzene rings is 2. The Balaban J connectivity index is 1.76. The number of hydrogen-bond donors (Lipinski definition) is 1. The highest BCUT2D eigenvalue weighted by molar-refractivity contribution is 7.98. The minimum Gasteiger partial charge on any atom is -0.497 e. The van der Waals surface area contributed by atoms with Crippen LogP contribution in [0.1, 0.15) is 11.3 Å². The molecule has 0 spiro atoms. The van der Waals surface area contributed by atoms with E-state index in [2.05, 4.69) is 5.32 Å². The molecule has 0 unspecified atom stereocenters. The molecule has 2 aromatic carbocycles. The van der Waals surface area contributed by atoms with Crippen LogP contribution in [-0.4, -0.2) is 24.7 Å². The number of ether oxygens (including phenoxy) is 2. The highest BCUT2D eigenvalue weighted by Crippen LogP contribution is 2.23. The molecule has 156 valence electrons. The number of aryl methyl sites for hydroxylation is 1. The summed E-state index contributed by atoms with van der Waals surface area (Å²) in [5, 5.41) is 2.86. The van der Waals surface area contributed by atoms with E-state index in [4.69, 9.17) is 9.47 Å². The molecule has 0 aliphatic heterocycles. The van der Waals surface area contributed by atoms with Gasteiger partial charge < -0.3 is 19.4 Å². The number of amides is 1. The van der Waals surface area contributed by atoms with E-state index in [1.165, 1.54) is 18.7 Å². The fourth-order valence-corrected chi connectivity index (χ4v) is 3.73. The van der Waals surface area contributed by atoms with Crippen molar-refractivity contribution in [3.05, 3.63) is 82.3 Å². The van der Waals surface area contributed by atoms with Gasteiger partial charge in [-0.15, -0.1) is 11.8 Å². The van der Waals surface area contributed by atoms with E-state index >= 15 is 0 Å². The van der Waals surface area contributed by atoms with Crippen LogP contribution in [0.5, 0.6) is 11.5 Å². The summed E-state index contributed by atoms with van der Waals surface area (Å²) in [5.41, 5.74) is 2.40. The summed E-state index contributed by atoms with van der Waals surface area (Å²) >= 11 is 1.61. The molecule has 3 aromatic rings. The van der Waals surface area contributed by atoms with Crippen molar-refractivity contribution in [2.45, 2.75) is 24.1 Å². The molecular formula is C23H24N2O4S. The Hall–Kier alpha value is -3.19. The number of thioether (sulfide) groups is 1. The van der Waals surface area contributed by atoms with Gasteiger partial charge in [-0.3, -0.25) is 9.59 Å². The highest BCUT2D eigenvalue weighted by atomic mass is 32.2. The van der Waals surface area contributed by atoms with E-state index in [9.17, 15) is 9.59 Å². The lowest BCUT2D eigenvalue weighted by molar-refractivity contribution is -0.116. The molecule has 0 saturated heterocycles. The fraction of sp³-hybridized carbons (Fsp3) is 0.217. The van der Waals surface area contributed by atoms with Crippen LogP contribution in [0.2, 0.25) is 0 Å². The monoisotopic (exact) mass is 424 g/mol. The van der Waals surface area contributed by atoms with Crippen LogP contribution in [0, 0.1) is 6.92 Å². The third kappa shape index (κ3) is 5.67. The number of pyridine rings is 1. The topological polar surface area (TPSA) is 69.6 Å². The number of methoxy groups -OCH3 is 2. The number of carbonyl (C=O) groups is 1. The van der Waals surface area contributed by atoms with Crippen LogP contribution in [0.15, 0.2) is 70.5 Å². The molecule has 7 heteroatoms. The second kappa shape index (κ2) is 10.0. The summed E-state index contributed by atoms with van der Waals surface area (Å²) in [7, 11) is 3.03. The highest BCUT2D eigenvalue weighted by Gasteiger charge is 2.12. The number of anilines is 1. The van der Waals surface area contributed by atoms with Gasteiger partial charge in [-0.1, -0.05) is 17.7 Å². The Bertz CT molecular complexity index is 1060. The van der Waals surface area contributed by atoms with Crippen molar-refractivity contribution < 1.29 is 14.3 Å². The molecule has 1 N–H and O–H groups in total. The second-order valence-electron chi connectivity index (χ2n) is 6.70. The molecule has 0 saturated carbocycles. The predicted molar refractivity (Wildman–Crippen MR) is 120 cm³/mol. The normalized spacial score (nSPS) is 10.5. The molecule has 0 aliphatic carbocycles. The Morgan fingerprint density at radius 1 is 1.03 bits per heavy atom. The molecule has 3 rings (SSSR count). The van der Waals surface area contributed by atoms with E-state index in [0.29, 0.717) is 17.2 Å². The van der Waals surface area contributed by atoms with Crippen LogP contribution >= 0.6 is 11.8 Å². The molecule has 0 bridgehead atoms. The van der Waals surface area contributed by atoms with Gasteiger partial charge in [0.2, 0.25) is 11.3 Å². The van der Waals surface area contributed by atoms with Crippen molar-refractivity contribution in [2.75, 3.05) is 19.5 Å². The zero-order valence-corrected chi connectivity index (χ0v) is 18.0. The summed E-state index contributed by atoms with van der Waals surface area (Å²) in [6, 6.07) is 16.8. The van der Waals surface area contributed by atoms with Gasteiger partial charge in [-0.25, -0.2) is 0 Å². The van der Waals surface area contributed by atoms with Crippen LogP contribution in [0.3, 0.4) is 0 Å². The summed E-state index contributed by atoms with van der Waals surface area (Å²) in [5.74, 6) is 1.27. The van der Waals surface area contributed by atoms with Gasteiger partial charge in [0.15, 0.2) is 5.75 Å². The maximum atomic E-state index is 12.6. The summed E-state index contributed by atoms with van der Waals surface area (Å²) in [6.45, 7) is 2.10. The first kappa shape index (κ1) is 21.5. The van der Waals surface area contributed by atoms with Crippen LogP contribution < -0.4 is 20.2 Å². The standard InChI is InChI=1S/C23H24N2O4S/c1-16-4-10-20(11-5-16)30-15-18-12-21(26)22(29-3)13-25(18)14-23(27)24-17-6-8-19(28-2)9-7-17/h4-13H,14-15H2,1-3H3,(H,24,27). The van der Waals surface area contributed by atoms with Crippen molar-refractivity contribution in [1.82, 2.24) is 4.57 Å². The minimum absolute atomic E-state index is 0.0620. The quantitative estimate of drug-likeness (QED) is 0.551. The van der Waals surface area contributed by atoms with Crippen LogP contribution in [0.25, 0.3) is 0 Å². The zero-order chi connectivity index (χ0) is 21.5. The van der Waals surface area contributed by atoms with Crippen LogP contribution in [-0.2, 0) is 17.1 Å². The number of hydrogen-bond acceptors (Lipinski definition) is 5. The lowest BCUT2D eigenvalue weighted by Gasteiger charge is -2.15. The summed E-state index contributed by atoms with van der Waals surface area (Å²) in [4.78, 5) is 25.9. The zero-order valence-electron chi connectivity index (χ0n) is 17.2. The average Bonchev–Trinajstić information content (AvgIpc) is 2.75. The smallest absolute Gasteiger partial charge is 0.244 e. The van der Waals surface area contributed by atoms with Gasteiger partial charge in [0, 0.05) is 28.1 Å². The third-order valence-corrected chi connectivity index (χ3v) is 5.54. The number of carbonyl (C=O) groups excluding carboxylic acids is 1. The Morgan fingerprint density at radius 2 is 1.73 bits per heavy atom. The van der Waals surface area contributed by atoms with E-state index in [1.54, 1.807) is 53.9 Å². The van der Waals surface area contributed by atoms with Crippen LogP contribution in [0.4, 0.5) is 5.69 Å². The lowest BCUT2D eigenvalue weighted by Crippen LogP contribution is -2.22. The Morgan fingerprint density at radius 3 is 2.37 bits per heavy atom.